The largest absolute Gasteiger partial charge is 0.159 e. The van der Waals surface area contributed by atoms with E-state index in [0.717, 1.165) is 5.44 Å². The van der Waals surface area contributed by atoms with Crippen LogP contribution in [-0.4, -0.2) is 10.2 Å². The van der Waals surface area contributed by atoms with Crippen molar-refractivity contribution in [2.75, 3.05) is 0 Å². The predicted octanol–water partition coefficient (Wildman–Crippen LogP) is -0.0230. The minimum absolute atomic E-state index is 0.877. The Morgan fingerprint density at radius 3 is 2.71 bits per heavy atom. The van der Waals surface area contributed by atoms with Gasteiger partial charge in [0.2, 0.25) is 0 Å². The summed E-state index contributed by atoms with van der Waals surface area (Å²) in [6.07, 6.45) is 1.65. The molecule has 1 atom stereocenters. The van der Waals surface area contributed by atoms with Crippen LogP contribution >= 0.6 is 9.24 Å². The van der Waals surface area contributed by atoms with Crippen LogP contribution in [0.4, 0.5) is 0 Å². The maximum absolute atomic E-state index is 3.69. The van der Waals surface area contributed by atoms with Crippen molar-refractivity contribution < 1.29 is 0 Å². The summed E-state index contributed by atoms with van der Waals surface area (Å²) in [7, 11) is 2.46. The molecule has 0 aromatic carbocycles. The zero-order chi connectivity index (χ0) is 5.11. The lowest BCUT2D eigenvalue weighted by atomic mass is 10.6. The highest BCUT2D eigenvalue weighted by molar-refractivity contribution is 7.26. The Morgan fingerprint density at radius 1 is 1.57 bits per heavy atom. The number of rotatable bonds is 0. The second-order valence-electron chi connectivity index (χ2n) is 1.15. The summed E-state index contributed by atoms with van der Waals surface area (Å²) in [5.41, 5.74) is 0.877. The topological polar surface area (TPSA) is 25.8 Å². The van der Waals surface area contributed by atoms with Crippen molar-refractivity contribution in [1.82, 2.24) is 10.2 Å². The Hall–Kier alpha value is -0.490. The molecule has 3 heteroatoms. The van der Waals surface area contributed by atoms with Gasteiger partial charge in [0.1, 0.15) is 0 Å². The normalized spacial score (nSPS) is 8.71. The van der Waals surface area contributed by atoms with Gasteiger partial charge < -0.3 is 0 Å². The fourth-order valence-electron chi connectivity index (χ4n) is 0.313. The molecule has 1 aromatic heterocycles. The van der Waals surface area contributed by atoms with Gasteiger partial charge in [-0.15, -0.1) is 0 Å². The van der Waals surface area contributed by atoms with Crippen molar-refractivity contribution in [2.24, 2.45) is 0 Å². The van der Waals surface area contributed by atoms with Crippen LogP contribution in [0.3, 0.4) is 0 Å². The van der Waals surface area contributed by atoms with Gasteiger partial charge in [0.25, 0.3) is 0 Å². The predicted molar refractivity (Wildman–Crippen MR) is 31.4 cm³/mol. The molecule has 0 N–H and O–H groups in total. The summed E-state index contributed by atoms with van der Waals surface area (Å²) < 4.78 is 0. The van der Waals surface area contributed by atoms with E-state index in [1.54, 1.807) is 6.20 Å². The molecular weight excluding hydrogens is 107 g/mol. The lowest BCUT2D eigenvalue weighted by molar-refractivity contribution is 1.06. The third-order valence-corrected chi connectivity index (χ3v) is 0.901. The summed E-state index contributed by atoms with van der Waals surface area (Å²) in [6.45, 7) is 0. The highest BCUT2D eigenvalue weighted by Gasteiger charge is 1.75. The maximum atomic E-state index is 3.69. The molecule has 2 nitrogen and oxygen atoms in total. The molecule has 0 amide bonds. The highest BCUT2D eigenvalue weighted by atomic mass is 31.0. The smallest absolute Gasteiger partial charge is 0.0795 e. The molecule has 1 rings (SSSR count). The molecule has 0 aliphatic rings. The van der Waals surface area contributed by atoms with E-state index in [1.165, 1.54) is 0 Å². The summed E-state index contributed by atoms with van der Waals surface area (Å²) in [5, 5.41) is 7.31. The average Bonchev–Trinajstić information content (AvgIpc) is 1.69. The van der Waals surface area contributed by atoms with Crippen LogP contribution in [0.1, 0.15) is 0 Å². The van der Waals surface area contributed by atoms with Crippen LogP contribution in [0.15, 0.2) is 18.3 Å². The Labute approximate surface area is 44.2 Å². The fourth-order valence-corrected chi connectivity index (χ4v) is 0.491. The van der Waals surface area contributed by atoms with Crippen LogP contribution in [0, 0.1) is 0 Å². The molecule has 0 radical (unpaired) electrons. The van der Waals surface area contributed by atoms with E-state index >= 15 is 0 Å². The van der Waals surface area contributed by atoms with Gasteiger partial charge in [-0.3, -0.25) is 0 Å². The summed E-state index contributed by atoms with van der Waals surface area (Å²) >= 11 is 0. The van der Waals surface area contributed by atoms with Gasteiger partial charge in [-0.25, -0.2) is 0 Å². The first-order chi connectivity index (χ1) is 3.39. The first kappa shape index (κ1) is 4.66. The average molecular weight is 112 g/mol. The van der Waals surface area contributed by atoms with Crippen molar-refractivity contribution >= 4 is 14.7 Å². The first-order valence-corrected chi connectivity index (χ1v) is 2.50. The molecule has 1 unspecified atom stereocenters. The number of hydrogen-bond donors (Lipinski definition) is 0. The van der Waals surface area contributed by atoms with Crippen molar-refractivity contribution in [2.45, 2.75) is 0 Å². The number of aromatic nitrogens is 2. The molecule has 36 valence electrons. The van der Waals surface area contributed by atoms with Gasteiger partial charge in [0, 0.05) is 6.20 Å². The van der Waals surface area contributed by atoms with E-state index in [4.69, 9.17) is 0 Å². The van der Waals surface area contributed by atoms with E-state index < -0.39 is 0 Å². The second kappa shape index (κ2) is 1.99. The summed E-state index contributed by atoms with van der Waals surface area (Å²) in [6, 6.07) is 3.72. The van der Waals surface area contributed by atoms with Gasteiger partial charge in [-0.05, 0) is 12.1 Å². The van der Waals surface area contributed by atoms with Crippen molar-refractivity contribution in [1.29, 1.82) is 0 Å². The molecule has 0 aliphatic carbocycles. The van der Waals surface area contributed by atoms with E-state index in [1.807, 2.05) is 12.1 Å². The fraction of sp³-hybridized carbons (Fsp3) is 0. The molecule has 0 aliphatic heterocycles. The minimum Gasteiger partial charge on any atom is -0.159 e. The molecule has 0 fully saturated rings. The molecular formula is C4H5N2P. The monoisotopic (exact) mass is 112 g/mol. The standard InChI is InChI=1S/C4H5N2P/c7-4-2-1-3-5-6-4/h1-3H,7H2. The van der Waals surface area contributed by atoms with Crippen LogP contribution in [0.2, 0.25) is 0 Å². The van der Waals surface area contributed by atoms with Crippen LogP contribution < -0.4 is 5.44 Å². The second-order valence-corrected chi connectivity index (χ2v) is 1.74. The minimum atomic E-state index is 0.877. The zero-order valence-corrected chi connectivity index (χ0v) is 4.86. The van der Waals surface area contributed by atoms with Crippen LogP contribution in [0.5, 0.6) is 0 Å². The molecule has 0 saturated carbocycles. The van der Waals surface area contributed by atoms with Gasteiger partial charge in [-0.1, -0.05) is 9.24 Å². The summed E-state index contributed by atoms with van der Waals surface area (Å²) in [5.74, 6) is 0. The number of hydrogen-bond acceptors (Lipinski definition) is 2. The quantitative estimate of drug-likeness (QED) is 0.441. The molecule has 1 heterocycles. The Kier molecular flexibility index (Phi) is 1.32. The zero-order valence-electron chi connectivity index (χ0n) is 3.70. The third kappa shape index (κ3) is 1.20. The Balaban J connectivity index is 3.02. The molecule has 1 aromatic rings. The Morgan fingerprint density at radius 2 is 2.43 bits per heavy atom. The number of nitrogens with zero attached hydrogens (tertiary/aromatic N) is 2. The van der Waals surface area contributed by atoms with Gasteiger partial charge in [-0.2, -0.15) is 10.2 Å². The van der Waals surface area contributed by atoms with E-state index in [-0.39, 0.29) is 0 Å². The van der Waals surface area contributed by atoms with Crippen LogP contribution in [-0.2, 0) is 0 Å². The first-order valence-electron chi connectivity index (χ1n) is 1.93. The molecule has 0 spiro atoms. The van der Waals surface area contributed by atoms with E-state index in [9.17, 15) is 0 Å². The molecule has 7 heavy (non-hydrogen) atoms. The maximum Gasteiger partial charge on any atom is 0.0795 e. The highest BCUT2D eigenvalue weighted by Crippen LogP contribution is 1.77. The van der Waals surface area contributed by atoms with Crippen molar-refractivity contribution in [3.8, 4) is 0 Å². The molecule has 0 bridgehead atoms. The molecule has 0 saturated heterocycles. The SMILES string of the molecule is Pc1cccnn1. The van der Waals surface area contributed by atoms with Gasteiger partial charge in [0.15, 0.2) is 0 Å². The van der Waals surface area contributed by atoms with Crippen molar-refractivity contribution in [3.63, 3.8) is 0 Å². The van der Waals surface area contributed by atoms with E-state index in [2.05, 4.69) is 19.4 Å². The third-order valence-electron chi connectivity index (χ3n) is 0.593. The van der Waals surface area contributed by atoms with Crippen LogP contribution in [0.25, 0.3) is 0 Å². The van der Waals surface area contributed by atoms with E-state index in [0.29, 0.717) is 0 Å². The van der Waals surface area contributed by atoms with Gasteiger partial charge >= 0.3 is 0 Å². The lowest BCUT2D eigenvalue weighted by Gasteiger charge is -1.80. The Bertz CT molecular complexity index is 140. The van der Waals surface area contributed by atoms with Crippen molar-refractivity contribution in [3.05, 3.63) is 18.3 Å². The lowest BCUT2D eigenvalue weighted by Crippen LogP contribution is -1.96. The summed E-state index contributed by atoms with van der Waals surface area (Å²) in [4.78, 5) is 0. The van der Waals surface area contributed by atoms with Gasteiger partial charge in [0.05, 0.1) is 5.44 Å².